The number of aromatic nitrogens is 1. The zero-order valence-corrected chi connectivity index (χ0v) is 7.83. The smallest absolute Gasteiger partial charge is 0.330 e. The summed E-state index contributed by atoms with van der Waals surface area (Å²) in [4.78, 5) is 13.9. The van der Waals surface area contributed by atoms with Crippen molar-refractivity contribution in [1.82, 2.24) is 4.98 Å². The molecule has 70 valence electrons. The van der Waals surface area contributed by atoms with Gasteiger partial charge in [-0.2, -0.15) is 0 Å². The largest absolute Gasteiger partial charge is 0.463 e. The van der Waals surface area contributed by atoms with Crippen LogP contribution in [-0.4, -0.2) is 17.6 Å². The Morgan fingerprint density at radius 2 is 2.46 bits per heavy atom. The van der Waals surface area contributed by atoms with Gasteiger partial charge >= 0.3 is 5.97 Å². The molecule has 0 bridgehead atoms. The topological polar surface area (TPSA) is 42.1 Å². The van der Waals surface area contributed by atoms with Gasteiger partial charge in [-0.05, 0) is 31.6 Å². The fraction of sp³-hybridized carbons (Fsp3) is 0.300. The zero-order valence-electron chi connectivity index (χ0n) is 7.83. The van der Waals surface area contributed by atoms with E-state index >= 15 is 0 Å². The van der Waals surface area contributed by atoms with Crippen molar-refractivity contribution in [2.75, 3.05) is 6.61 Å². The van der Waals surface area contributed by atoms with Gasteiger partial charge in [-0.1, -0.05) is 0 Å². The highest BCUT2D eigenvalue weighted by molar-refractivity contribution is 5.86. The van der Waals surface area contributed by atoms with Crippen LogP contribution in [0.5, 0.6) is 0 Å². The van der Waals surface area contributed by atoms with Gasteiger partial charge in [-0.15, -0.1) is 0 Å². The Kier molecular flexibility index (Phi) is 3.31. The van der Waals surface area contributed by atoms with Gasteiger partial charge in [0, 0.05) is 18.0 Å². The third kappa shape index (κ3) is 3.15. The predicted molar refractivity (Wildman–Crippen MR) is 51.2 cm³/mol. The number of aromatic amines is 1. The monoisotopic (exact) mass is 179 g/mol. The second-order valence-electron chi connectivity index (χ2n) is 2.72. The first-order chi connectivity index (χ1) is 6.22. The Hall–Kier alpha value is -1.51. The summed E-state index contributed by atoms with van der Waals surface area (Å²) in [6.45, 7) is 4.18. The van der Waals surface area contributed by atoms with E-state index in [2.05, 4.69) is 4.98 Å². The highest BCUT2D eigenvalue weighted by atomic mass is 16.5. The zero-order chi connectivity index (χ0) is 9.68. The van der Waals surface area contributed by atoms with Gasteiger partial charge in [0.15, 0.2) is 0 Å². The number of hydrogen-bond acceptors (Lipinski definition) is 2. The SMILES string of the molecule is CCOC(=O)C=Cc1cc(C)c[nH]1. The van der Waals surface area contributed by atoms with E-state index in [1.54, 1.807) is 13.0 Å². The van der Waals surface area contributed by atoms with Crippen LogP contribution in [-0.2, 0) is 9.53 Å². The molecule has 13 heavy (non-hydrogen) atoms. The van der Waals surface area contributed by atoms with Crippen LogP contribution in [0.4, 0.5) is 0 Å². The van der Waals surface area contributed by atoms with E-state index in [1.165, 1.54) is 6.08 Å². The minimum Gasteiger partial charge on any atom is -0.463 e. The predicted octanol–water partition coefficient (Wildman–Crippen LogP) is 1.90. The fourth-order valence-corrected chi connectivity index (χ4v) is 0.970. The molecule has 0 aliphatic heterocycles. The van der Waals surface area contributed by atoms with E-state index in [0.29, 0.717) is 6.61 Å². The molecule has 1 aromatic rings. The van der Waals surface area contributed by atoms with Crippen molar-refractivity contribution >= 4 is 12.0 Å². The first-order valence-electron chi connectivity index (χ1n) is 4.22. The minimum absolute atomic E-state index is 0.310. The van der Waals surface area contributed by atoms with E-state index in [-0.39, 0.29) is 5.97 Å². The van der Waals surface area contributed by atoms with Crippen LogP contribution >= 0.6 is 0 Å². The van der Waals surface area contributed by atoms with Crippen LogP contribution in [0.15, 0.2) is 18.3 Å². The molecular formula is C10H13NO2. The van der Waals surface area contributed by atoms with E-state index in [4.69, 9.17) is 4.74 Å². The second-order valence-corrected chi connectivity index (χ2v) is 2.72. The van der Waals surface area contributed by atoms with Crippen molar-refractivity contribution in [2.24, 2.45) is 0 Å². The van der Waals surface area contributed by atoms with Gasteiger partial charge in [-0.3, -0.25) is 0 Å². The molecule has 0 spiro atoms. The van der Waals surface area contributed by atoms with E-state index in [9.17, 15) is 4.79 Å². The summed E-state index contributed by atoms with van der Waals surface area (Å²) in [6.07, 6.45) is 4.99. The Bertz CT molecular complexity index is 312. The van der Waals surface area contributed by atoms with Crippen molar-refractivity contribution in [3.8, 4) is 0 Å². The molecule has 3 nitrogen and oxygen atoms in total. The number of aryl methyl sites for hydroxylation is 1. The van der Waals surface area contributed by atoms with Gasteiger partial charge in [-0.25, -0.2) is 4.79 Å². The number of esters is 1. The number of rotatable bonds is 3. The average molecular weight is 179 g/mol. The van der Waals surface area contributed by atoms with E-state index in [0.717, 1.165) is 11.3 Å². The van der Waals surface area contributed by atoms with Gasteiger partial charge < -0.3 is 9.72 Å². The lowest BCUT2D eigenvalue weighted by Crippen LogP contribution is -1.98. The first-order valence-corrected chi connectivity index (χ1v) is 4.22. The molecule has 0 aromatic carbocycles. The lowest BCUT2D eigenvalue weighted by atomic mass is 10.3. The van der Waals surface area contributed by atoms with Crippen LogP contribution < -0.4 is 0 Å². The van der Waals surface area contributed by atoms with Gasteiger partial charge in [0.1, 0.15) is 0 Å². The summed E-state index contributed by atoms with van der Waals surface area (Å²) >= 11 is 0. The van der Waals surface area contributed by atoms with Gasteiger partial charge in [0.05, 0.1) is 6.61 Å². The van der Waals surface area contributed by atoms with Crippen LogP contribution in [0, 0.1) is 6.92 Å². The van der Waals surface area contributed by atoms with Crippen molar-refractivity contribution < 1.29 is 9.53 Å². The standard InChI is InChI=1S/C10H13NO2/c1-3-13-10(12)5-4-9-6-8(2)7-11-9/h4-7,11H,3H2,1-2H3. The minimum atomic E-state index is -0.310. The molecule has 1 N–H and O–H groups in total. The highest BCUT2D eigenvalue weighted by Crippen LogP contribution is 2.03. The second kappa shape index (κ2) is 4.50. The molecule has 0 saturated carbocycles. The van der Waals surface area contributed by atoms with Crippen molar-refractivity contribution in [2.45, 2.75) is 13.8 Å². The molecule has 0 atom stereocenters. The number of ether oxygens (including phenoxy) is 1. The maximum absolute atomic E-state index is 10.9. The molecule has 1 heterocycles. The molecule has 1 aromatic heterocycles. The van der Waals surface area contributed by atoms with Crippen LogP contribution in [0.1, 0.15) is 18.2 Å². The molecule has 0 fully saturated rings. The molecule has 0 aliphatic carbocycles. The summed E-state index contributed by atoms with van der Waals surface area (Å²) in [5, 5.41) is 0. The third-order valence-corrected chi connectivity index (χ3v) is 1.54. The lowest BCUT2D eigenvalue weighted by Gasteiger charge is -1.93. The molecule has 0 amide bonds. The Labute approximate surface area is 77.4 Å². The number of carbonyl (C=O) groups is 1. The Morgan fingerprint density at radius 1 is 1.69 bits per heavy atom. The van der Waals surface area contributed by atoms with Gasteiger partial charge in [0.2, 0.25) is 0 Å². The molecule has 0 aliphatic rings. The van der Waals surface area contributed by atoms with Crippen LogP contribution in [0.3, 0.4) is 0 Å². The van der Waals surface area contributed by atoms with Crippen molar-refractivity contribution in [3.05, 3.63) is 29.6 Å². The average Bonchev–Trinajstić information content (AvgIpc) is 2.49. The highest BCUT2D eigenvalue weighted by Gasteiger charge is 1.94. The molecule has 0 saturated heterocycles. The van der Waals surface area contributed by atoms with E-state index in [1.807, 2.05) is 19.2 Å². The molecule has 1 rings (SSSR count). The van der Waals surface area contributed by atoms with Crippen molar-refractivity contribution in [1.29, 1.82) is 0 Å². The Morgan fingerprint density at radius 3 is 3.00 bits per heavy atom. The number of hydrogen-bond donors (Lipinski definition) is 1. The number of carbonyl (C=O) groups excluding carboxylic acids is 1. The summed E-state index contributed by atoms with van der Waals surface area (Å²) in [5.74, 6) is -0.310. The quantitative estimate of drug-likeness (QED) is 0.568. The van der Waals surface area contributed by atoms with Crippen LogP contribution in [0.25, 0.3) is 6.08 Å². The van der Waals surface area contributed by atoms with Crippen LogP contribution in [0.2, 0.25) is 0 Å². The fourth-order valence-electron chi connectivity index (χ4n) is 0.970. The third-order valence-electron chi connectivity index (χ3n) is 1.54. The Balaban J connectivity index is 2.53. The summed E-state index contributed by atoms with van der Waals surface area (Å²) in [5.41, 5.74) is 2.05. The van der Waals surface area contributed by atoms with Crippen molar-refractivity contribution in [3.63, 3.8) is 0 Å². The number of H-pyrrole nitrogens is 1. The maximum Gasteiger partial charge on any atom is 0.330 e. The van der Waals surface area contributed by atoms with Gasteiger partial charge in [0.25, 0.3) is 0 Å². The molecule has 3 heteroatoms. The first kappa shape index (κ1) is 9.58. The summed E-state index contributed by atoms with van der Waals surface area (Å²) in [7, 11) is 0. The normalized spacial score (nSPS) is 10.6. The molecule has 0 radical (unpaired) electrons. The lowest BCUT2D eigenvalue weighted by molar-refractivity contribution is -0.137. The summed E-state index contributed by atoms with van der Waals surface area (Å²) < 4.78 is 4.73. The van der Waals surface area contributed by atoms with E-state index < -0.39 is 0 Å². The molecular weight excluding hydrogens is 166 g/mol. The summed E-state index contributed by atoms with van der Waals surface area (Å²) in [6, 6.07) is 1.95. The molecule has 0 unspecified atom stereocenters. The number of nitrogens with one attached hydrogen (secondary N) is 1. The maximum atomic E-state index is 10.9.